The molecule has 40 heavy (non-hydrogen) atoms. The Hall–Kier alpha value is -4.75. The van der Waals surface area contributed by atoms with Crippen LogP contribution < -0.4 is 0 Å². The van der Waals surface area contributed by atoms with Gasteiger partial charge in [0.25, 0.3) is 0 Å². The number of hydrogen-bond donors (Lipinski definition) is 0. The molecule has 186 valence electrons. The third-order valence-corrected chi connectivity index (χ3v) is 9.99. The van der Waals surface area contributed by atoms with Gasteiger partial charge in [0.2, 0.25) is 0 Å². The van der Waals surface area contributed by atoms with E-state index < -0.39 is 0 Å². The zero-order chi connectivity index (χ0) is 26.6. The van der Waals surface area contributed by atoms with Crippen LogP contribution in [0.4, 0.5) is 0 Å². The van der Waals surface area contributed by atoms with Gasteiger partial charge in [0.05, 0.1) is 11.6 Å². The van der Waals surface area contributed by atoms with E-state index in [0.29, 0.717) is 5.56 Å². The number of nitriles is 1. The fourth-order valence-electron chi connectivity index (χ4n) is 5.77. The maximum absolute atomic E-state index is 9.35. The molecule has 0 spiro atoms. The second-order valence-corrected chi connectivity index (χ2v) is 12.2. The van der Waals surface area contributed by atoms with Crippen molar-refractivity contribution in [2.45, 2.75) is 0 Å². The zero-order valence-corrected chi connectivity index (χ0v) is 23.0. The Kier molecular flexibility index (Phi) is 5.31. The third kappa shape index (κ3) is 3.73. The summed E-state index contributed by atoms with van der Waals surface area (Å²) < 4.78 is 5.24. The quantitative estimate of drug-likeness (QED) is 0.217. The van der Waals surface area contributed by atoms with Gasteiger partial charge in [-0.1, -0.05) is 66.7 Å². The van der Waals surface area contributed by atoms with Crippen molar-refractivity contribution in [2.24, 2.45) is 0 Å². The van der Waals surface area contributed by atoms with Crippen LogP contribution in [-0.2, 0) is 0 Å². The molecule has 3 heteroatoms. The molecule has 0 N–H and O–H groups in total. The summed E-state index contributed by atoms with van der Waals surface area (Å²) in [7, 11) is 0. The van der Waals surface area contributed by atoms with Crippen molar-refractivity contribution < 1.29 is 0 Å². The molecule has 0 aliphatic carbocycles. The van der Waals surface area contributed by atoms with Crippen molar-refractivity contribution in [2.75, 3.05) is 0 Å². The van der Waals surface area contributed by atoms with Gasteiger partial charge in [-0.15, -0.1) is 22.7 Å². The minimum atomic E-state index is 0.671. The first-order valence-electron chi connectivity index (χ1n) is 13.2. The van der Waals surface area contributed by atoms with Gasteiger partial charge in [0, 0.05) is 40.3 Å². The number of benzene rings is 6. The first kappa shape index (κ1) is 23.2. The second-order valence-electron chi connectivity index (χ2n) is 10.1. The molecule has 0 saturated carbocycles. The molecule has 0 fully saturated rings. The molecule has 1 nitrogen and oxygen atoms in total. The fraction of sp³-hybridized carbons (Fsp3) is 0. The number of rotatable bonds is 3. The Morgan fingerprint density at radius 3 is 1.82 bits per heavy atom. The summed E-state index contributed by atoms with van der Waals surface area (Å²) in [6, 6.07) is 47.9. The standard InChI is InChI=1S/C37H21NS2/c38-22-23-12-14-24(15-13-23)26-18-27(25-16-17-35-32(21-25)30-6-1-3-9-33(30)39-35)20-28(19-26)29-8-5-11-36-37(29)31-7-2-4-10-34(31)40-36/h1-21H. The molecule has 6 aromatic carbocycles. The normalized spacial score (nSPS) is 11.5. The van der Waals surface area contributed by atoms with Gasteiger partial charge in [0.15, 0.2) is 0 Å². The van der Waals surface area contributed by atoms with E-state index in [9.17, 15) is 5.26 Å². The summed E-state index contributed by atoms with van der Waals surface area (Å²) in [5.74, 6) is 0. The van der Waals surface area contributed by atoms with Crippen molar-refractivity contribution in [3.63, 3.8) is 0 Å². The minimum absolute atomic E-state index is 0.671. The first-order valence-corrected chi connectivity index (χ1v) is 14.9. The van der Waals surface area contributed by atoms with Crippen LogP contribution in [0.5, 0.6) is 0 Å². The maximum atomic E-state index is 9.35. The Labute approximate surface area is 239 Å². The predicted molar refractivity (Wildman–Crippen MR) is 173 cm³/mol. The highest BCUT2D eigenvalue weighted by molar-refractivity contribution is 7.26. The number of nitrogens with zero attached hydrogens (tertiary/aromatic N) is 1. The SMILES string of the molecule is N#Cc1ccc(-c2cc(-c3ccc4sc5ccccc5c4c3)cc(-c3cccc4sc5ccccc5c34)c2)cc1. The molecule has 0 aliphatic rings. The van der Waals surface area contributed by atoms with Gasteiger partial charge in [-0.3, -0.25) is 0 Å². The van der Waals surface area contributed by atoms with Crippen molar-refractivity contribution in [3.8, 4) is 39.4 Å². The predicted octanol–water partition coefficient (Wildman–Crippen LogP) is 11.3. The maximum Gasteiger partial charge on any atom is 0.0991 e. The lowest BCUT2D eigenvalue weighted by Crippen LogP contribution is -1.87. The summed E-state index contributed by atoms with van der Waals surface area (Å²) in [4.78, 5) is 0. The van der Waals surface area contributed by atoms with E-state index in [4.69, 9.17) is 0 Å². The third-order valence-electron chi connectivity index (χ3n) is 7.70. The van der Waals surface area contributed by atoms with Crippen LogP contribution in [-0.4, -0.2) is 0 Å². The van der Waals surface area contributed by atoms with Gasteiger partial charge in [-0.25, -0.2) is 0 Å². The molecule has 8 aromatic rings. The highest BCUT2D eigenvalue weighted by atomic mass is 32.1. The lowest BCUT2D eigenvalue weighted by molar-refractivity contribution is 1.48. The first-order chi connectivity index (χ1) is 19.7. The van der Waals surface area contributed by atoms with Gasteiger partial charge >= 0.3 is 0 Å². The van der Waals surface area contributed by atoms with Crippen LogP contribution in [0.25, 0.3) is 73.7 Å². The molecule has 2 aromatic heterocycles. The van der Waals surface area contributed by atoms with E-state index in [1.807, 2.05) is 34.8 Å². The van der Waals surface area contributed by atoms with Crippen LogP contribution in [0.15, 0.2) is 127 Å². The van der Waals surface area contributed by atoms with Crippen LogP contribution in [0.3, 0.4) is 0 Å². The molecular weight excluding hydrogens is 523 g/mol. The molecule has 2 heterocycles. The smallest absolute Gasteiger partial charge is 0.0991 e. The second kappa shape index (κ2) is 9.17. The number of thiophene rings is 2. The molecule has 0 aliphatic heterocycles. The van der Waals surface area contributed by atoms with Crippen LogP contribution in [0, 0.1) is 11.3 Å². The molecule has 0 bridgehead atoms. The van der Waals surface area contributed by atoms with E-state index in [0.717, 1.165) is 11.1 Å². The number of fused-ring (bicyclic) bond motifs is 6. The molecule has 0 radical (unpaired) electrons. The Balaban J connectivity index is 1.39. The van der Waals surface area contributed by atoms with Crippen molar-refractivity contribution >= 4 is 63.0 Å². The van der Waals surface area contributed by atoms with E-state index in [-0.39, 0.29) is 0 Å². The molecule has 0 unspecified atom stereocenters. The summed E-state index contributed by atoms with van der Waals surface area (Å²) in [6.07, 6.45) is 0. The van der Waals surface area contributed by atoms with Crippen molar-refractivity contribution in [1.29, 1.82) is 5.26 Å². The molecule has 0 saturated heterocycles. The topological polar surface area (TPSA) is 23.8 Å². The Morgan fingerprint density at radius 1 is 0.425 bits per heavy atom. The van der Waals surface area contributed by atoms with Gasteiger partial charge < -0.3 is 0 Å². The van der Waals surface area contributed by atoms with Gasteiger partial charge in [-0.05, 0) is 94.0 Å². The molecule has 8 rings (SSSR count). The van der Waals surface area contributed by atoms with E-state index in [1.54, 1.807) is 0 Å². The van der Waals surface area contributed by atoms with Gasteiger partial charge in [-0.2, -0.15) is 5.26 Å². The van der Waals surface area contributed by atoms with Gasteiger partial charge in [0.1, 0.15) is 0 Å². The van der Waals surface area contributed by atoms with E-state index in [2.05, 4.69) is 121 Å². The number of hydrogen-bond acceptors (Lipinski definition) is 3. The average Bonchev–Trinajstić information content (AvgIpc) is 3.59. The van der Waals surface area contributed by atoms with Crippen LogP contribution in [0.2, 0.25) is 0 Å². The van der Waals surface area contributed by atoms with E-state index >= 15 is 0 Å². The highest BCUT2D eigenvalue weighted by Crippen LogP contribution is 2.43. The largest absolute Gasteiger partial charge is 0.192 e. The Morgan fingerprint density at radius 2 is 1.02 bits per heavy atom. The molecular formula is C37H21NS2. The zero-order valence-electron chi connectivity index (χ0n) is 21.4. The summed E-state index contributed by atoms with van der Waals surface area (Å²) in [5.41, 5.74) is 7.75. The lowest BCUT2D eigenvalue weighted by Gasteiger charge is -2.13. The minimum Gasteiger partial charge on any atom is -0.192 e. The van der Waals surface area contributed by atoms with E-state index in [1.165, 1.54) is 62.6 Å². The lowest BCUT2D eigenvalue weighted by atomic mass is 9.91. The highest BCUT2D eigenvalue weighted by Gasteiger charge is 2.14. The van der Waals surface area contributed by atoms with Crippen LogP contribution in [0.1, 0.15) is 5.56 Å². The fourth-order valence-corrected chi connectivity index (χ4v) is 7.99. The summed E-state index contributed by atoms with van der Waals surface area (Å²) >= 11 is 3.70. The monoisotopic (exact) mass is 543 g/mol. The summed E-state index contributed by atoms with van der Waals surface area (Å²) in [5, 5.41) is 14.6. The van der Waals surface area contributed by atoms with Crippen molar-refractivity contribution in [1.82, 2.24) is 0 Å². The van der Waals surface area contributed by atoms with Crippen molar-refractivity contribution in [3.05, 3.63) is 133 Å². The summed E-state index contributed by atoms with van der Waals surface area (Å²) in [6.45, 7) is 0. The van der Waals surface area contributed by atoms with Crippen LogP contribution >= 0.6 is 22.7 Å². The molecule has 0 amide bonds. The average molecular weight is 544 g/mol. The Bertz CT molecular complexity index is 2280. The molecule has 0 atom stereocenters.